The summed E-state index contributed by atoms with van der Waals surface area (Å²) >= 11 is 0. The highest BCUT2D eigenvalue weighted by Gasteiger charge is 2.52. The molecule has 0 saturated carbocycles. The summed E-state index contributed by atoms with van der Waals surface area (Å²) in [6.07, 6.45) is -2.07. The van der Waals surface area contributed by atoms with Crippen molar-refractivity contribution < 1.29 is 37.9 Å². The van der Waals surface area contributed by atoms with Gasteiger partial charge in [-0.15, -0.1) is 0 Å². The Labute approximate surface area is 234 Å². The zero-order chi connectivity index (χ0) is 30.1. The van der Waals surface area contributed by atoms with Crippen LogP contribution in [0.25, 0.3) is 0 Å². The van der Waals surface area contributed by atoms with Crippen molar-refractivity contribution in [2.45, 2.75) is 125 Å². The number of carbonyl (C=O) groups excluding carboxylic acids is 3. The lowest BCUT2D eigenvalue weighted by atomic mass is 9.73. The van der Waals surface area contributed by atoms with Crippen LogP contribution in [-0.2, 0) is 34.7 Å². The van der Waals surface area contributed by atoms with Crippen molar-refractivity contribution in [1.82, 2.24) is 4.90 Å². The summed E-state index contributed by atoms with van der Waals surface area (Å²) < 4.78 is 29.1. The van der Waals surface area contributed by atoms with Crippen LogP contribution in [0.3, 0.4) is 0 Å². The van der Waals surface area contributed by atoms with Crippen molar-refractivity contribution in [3.05, 3.63) is 28.8 Å². The van der Waals surface area contributed by atoms with Gasteiger partial charge in [0.15, 0.2) is 0 Å². The van der Waals surface area contributed by atoms with Crippen LogP contribution in [0.2, 0.25) is 0 Å². The number of nitrogens with zero attached hydrogens (tertiary/aromatic N) is 1. The number of imide groups is 1. The molecule has 1 aliphatic heterocycles. The SMILES string of the molecule is CCOC(=O)[C@H](Cc1cc(C)c(C)cc1B1OC(C)(C)C(C)(C)O1)N(C(=O)OC(C)(C)C)C(=O)OC(C)(C)C. The second kappa shape index (κ2) is 11.5. The average Bonchev–Trinajstić information content (AvgIpc) is 2.94. The Morgan fingerprint density at radius 3 is 1.72 bits per heavy atom. The molecule has 1 heterocycles. The predicted molar refractivity (Wildman–Crippen MR) is 150 cm³/mol. The van der Waals surface area contributed by atoms with E-state index in [1.165, 1.54) is 0 Å². The first kappa shape index (κ1) is 32.6. The number of aryl methyl sites for hydroxylation is 2. The minimum atomic E-state index is -1.36. The van der Waals surface area contributed by atoms with Gasteiger partial charge in [0, 0.05) is 6.42 Å². The molecule has 1 aliphatic rings. The number of benzene rings is 1. The van der Waals surface area contributed by atoms with Gasteiger partial charge in [0.05, 0.1) is 17.8 Å². The summed E-state index contributed by atoms with van der Waals surface area (Å²) in [6.45, 7) is 23.6. The van der Waals surface area contributed by atoms with Crippen molar-refractivity contribution in [2.75, 3.05) is 6.61 Å². The first-order valence-corrected chi connectivity index (χ1v) is 13.5. The third-order valence-electron chi connectivity index (χ3n) is 6.73. The summed E-state index contributed by atoms with van der Waals surface area (Å²) in [6, 6.07) is 2.52. The molecule has 2 rings (SSSR count). The van der Waals surface area contributed by atoms with Crippen LogP contribution < -0.4 is 5.46 Å². The fourth-order valence-corrected chi connectivity index (χ4v) is 3.94. The van der Waals surface area contributed by atoms with Gasteiger partial charge in [0.25, 0.3) is 0 Å². The normalized spacial score (nSPS) is 17.4. The molecule has 0 unspecified atom stereocenters. The van der Waals surface area contributed by atoms with E-state index < -0.39 is 53.7 Å². The average molecular weight is 547 g/mol. The van der Waals surface area contributed by atoms with Crippen LogP contribution in [0.5, 0.6) is 0 Å². The van der Waals surface area contributed by atoms with Crippen molar-refractivity contribution in [3.8, 4) is 0 Å². The molecule has 1 atom stereocenters. The topological polar surface area (TPSA) is 101 Å². The lowest BCUT2D eigenvalue weighted by Gasteiger charge is -2.32. The van der Waals surface area contributed by atoms with Gasteiger partial charge in [0.1, 0.15) is 17.2 Å². The summed E-state index contributed by atoms with van der Waals surface area (Å²) in [5.41, 5.74) is 0.323. The highest BCUT2D eigenvalue weighted by Crippen LogP contribution is 2.37. The molecular weight excluding hydrogens is 501 g/mol. The summed E-state index contributed by atoms with van der Waals surface area (Å²) in [4.78, 5) is 40.9. The number of amides is 2. The third-order valence-corrected chi connectivity index (χ3v) is 6.73. The van der Waals surface area contributed by atoms with Crippen molar-refractivity contribution in [2.24, 2.45) is 0 Å². The van der Waals surface area contributed by atoms with Gasteiger partial charge >= 0.3 is 25.3 Å². The van der Waals surface area contributed by atoms with Crippen molar-refractivity contribution in [1.29, 1.82) is 0 Å². The van der Waals surface area contributed by atoms with E-state index in [1.54, 1.807) is 48.5 Å². The Bertz CT molecular complexity index is 1040. The van der Waals surface area contributed by atoms with Crippen LogP contribution in [-0.4, -0.2) is 65.2 Å². The van der Waals surface area contributed by atoms with E-state index in [1.807, 2.05) is 53.7 Å². The van der Waals surface area contributed by atoms with E-state index in [0.29, 0.717) is 11.0 Å². The van der Waals surface area contributed by atoms with Gasteiger partial charge in [0.2, 0.25) is 0 Å². The zero-order valence-corrected chi connectivity index (χ0v) is 25.9. The van der Waals surface area contributed by atoms with Gasteiger partial charge in [-0.25, -0.2) is 14.4 Å². The molecule has 0 aromatic heterocycles. The Morgan fingerprint density at radius 2 is 1.31 bits per heavy atom. The van der Waals surface area contributed by atoms with Crippen LogP contribution >= 0.6 is 0 Å². The molecule has 10 heteroatoms. The molecule has 0 N–H and O–H groups in total. The quantitative estimate of drug-likeness (QED) is 0.271. The molecule has 1 aromatic rings. The number of carbonyl (C=O) groups is 3. The molecule has 39 heavy (non-hydrogen) atoms. The first-order chi connectivity index (χ1) is 17.6. The summed E-state index contributed by atoms with van der Waals surface area (Å²) in [5, 5.41) is 0. The first-order valence-electron chi connectivity index (χ1n) is 13.5. The van der Waals surface area contributed by atoms with E-state index in [2.05, 4.69) is 0 Å². The summed E-state index contributed by atoms with van der Waals surface area (Å²) in [7, 11) is -0.719. The monoisotopic (exact) mass is 547 g/mol. The van der Waals surface area contributed by atoms with E-state index in [9.17, 15) is 14.4 Å². The Morgan fingerprint density at radius 1 is 0.872 bits per heavy atom. The molecule has 0 spiro atoms. The number of ether oxygens (including phenoxy) is 3. The molecule has 1 saturated heterocycles. The highest BCUT2D eigenvalue weighted by atomic mass is 16.7. The second-order valence-electron chi connectivity index (χ2n) is 13.0. The van der Waals surface area contributed by atoms with Crippen molar-refractivity contribution >= 4 is 30.7 Å². The molecule has 1 aromatic carbocycles. The van der Waals surface area contributed by atoms with E-state index >= 15 is 0 Å². The van der Waals surface area contributed by atoms with Gasteiger partial charge in [-0.2, -0.15) is 4.90 Å². The number of rotatable bonds is 6. The van der Waals surface area contributed by atoms with Gasteiger partial charge < -0.3 is 23.5 Å². The molecule has 0 aliphatic carbocycles. The summed E-state index contributed by atoms with van der Waals surface area (Å²) in [5.74, 6) is -0.757. The standard InChI is InChI=1S/C29H46BNO8/c1-14-35-23(32)22(31(24(33)36-26(4,5)6)25(34)37-27(7,8)9)17-20-15-18(2)19(3)16-21(20)30-38-28(10,11)29(12,13)39-30/h15-16,22H,14,17H2,1-13H3/t22-/m0/s1. The van der Waals surface area contributed by atoms with Crippen LogP contribution in [0.4, 0.5) is 9.59 Å². The minimum Gasteiger partial charge on any atom is -0.464 e. The molecule has 0 radical (unpaired) electrons. The second-order valence-corrected chi connectivity index (χ2v) is 13.0. The van der Waals surface area contributed by atoms with Crippen LogP contribution in [0, 0.1) is 13.8 Å². The Hall–Kier alpha value is -2.59. The lowest BCUT2D eigenvalue weighted by Crippen LogP contribution is -2.54. The number of hydrogen-bond acceptors (Lipinski definition) is 8. The largest absolute Gasteiger partial charge is 0.495 e. The molecule has 0 bridgehead atoms. The van der Waals surface area contributed by atoms with E-state index in [-0.39, 0.29) is 13.0 Å². The maximum atomic E-state index is 13.4. The Balaban J connectivity index is 2.66. The molecular formula is C29H46BNO8. The van der Waals surface area contributed by atoms with E-state index in [4.69, 9.17) is 23.5 Å². The minimum absolute atomic E-state index is 0.0577. The predicted octanol–water partition coefficient (Wildman–Crippen LogP) is 5.25. The molecule has 9 nitrogen and oxygen atoms in total. The number of esters is 1. The fraction of sp³-hybridized carbons (Fsp3) is 0.690. The third kappa shape index (κ3) is 8.21. The molecule has 1 fully saturated rings. The smallest absolute Gasteiger partial charge is 0.464 e. The molecule has 218 valence electrons. The number of hydrogen-bond donors (Lipinski definition) is 0. The highest BCUT2D eigenvalue weighted by molar-refractivity contribution is 6.62. The van der Waals surface area contributed by atoms with Crippen LogP contribution in [0.1, 0.15) is 92.9 Å². The van der Waals surface area contributed by atoms with Crippen LogP contribution in [0.15, 0.2) is 12.1 Å². The van der Waals surface area contributed by atoms with E-state index in [0.717, 1.165) is 16.0 Å². The van der Waals surface area contributed by atoms with Gasteiger partial charge in [-0.1, -0.05) is 12.1 Å². The van der Waals surface area contributed by atoms with Gasteiger partial charge in [-0.3, -0.25) is 0 Å². The molecule has 2 amide bonds. The maximum absolute atomic E-state index is 13.4. The maximum Gasteiger partial charge on any atom is 0.495 e. The van der Waals surface area contributed by atoms with Crippen molar-refractivity contribution in [3.63, 3.8) is 0 Å². The van der Waals surface area contributed by atoms with Gasteiger partial charge in [-0.05, 0) is 112 Å². The Kier molecular flexibility index (Phi) is 9.61. The lowest BCUT2D eigenvalue weighted by molar-refractivity contribution is -0.149. The fourth-order valence-electron chi connectivity index (χ4n) is 3.94. The zero-order valence-electron chi connectivity index (χ0n) is 25.9.